The number of aryl methyl sites for hydroxylation is 3. The Hall–Kier alpha value is -2.15. The van der Waals surface area contributed by atoms with Crippen LogP contribution in [0.1, 0.15) is 34.3 Å². The third kappa shape index (κ3) is 2.64. The Kier molecular flexibility index (Phi) is 3.98. The molecule has 1 fully saturated rings. The van der Waals surface area contributed by atoms with Gasteiger partial charge in [0.25, 0.3) is 0 Å². The fourth-order valence-electron chi connectivity index (χ4n) is 2.84. The lowest BCUT2D eigenvalue weighted by Gasteiger charge is -2.35. The number of H-pyrrole nitrogens is 1. The summed E-state index contributed by atoms with van der Waals surface area (Å²) in [4.78, 5) is 14.6. The van der Waals surface area contributed by atoms with Gasteiger partial charge in [0, 0.05) is 12.1 Å². The first-order valence-electron chi connectivity index (χ1n) is 7.36. The van der Waals surface area contributed by atoms with Gasteiger partial charge in [-0.15, -0.1) is 0 Å². The van der Waals surface area contributed by atoms with Crippen LogP contribution in [0.3, 0.4) is 0 Å². The highest BCUT2D eigenvalue weighted by atomic mass is 16.5. The van der Waals surface area contributed by atoms with Gasteiger partial charge < -0.3 is 14.2 Å². The highest BCUT2D eigenvalue weighted by molar-refractivity contribution is 5.79. The van der Waals surface area contributed by atoms with Gasteiger partial charge in [-0.05, 0) is 26.3 Å². The molecule has 1 aliphatic rings. The molecular weight excluding hydrogens is 284 g/mol. The second kappa shape index (κ2) is 5.92. The van der Waals surface area contributed by atoms with Crippen LogP contribution in [0, 0.1) is 20.8 Å². The first-order valence-corrected chi connectivity index (χ1v) is 7.36. The molecule has 7 heteroatoms. The number of nitrogens with zero attached hydrogens (tertiary/aromatic N) is 3. The van der Waals surface area contributed by atoms with Crippen LogP contribution in [-0.4, -0.2) is 45.9 Å². The molecule has 1 saturated heterocycles. The Bertz CT molecular complexity index is 657. The normalized spacial score (nSPS) is 18.7. The number of aromatic nitrogens is 3. The maximum absolute atomic E-state index is 12.8. The molecule has 118 valence electrons. The molecule has 22 heavy (non-hydrogen) atoms. The van der Waals surface area contributed by atoms with Crippen LogP contribution in [-0.2, 0) is 16.0 Å². The Labute approximate surface area is 128 Å². The van der Waals surface area contributed by atoms with Crippen LogP contribution < -0.4 is 0 Å². The smallest absolute Gasteiger partial charge is 0.227 e. The molecule has 1 aliphatic heterocycles. The largest absolute Gasteiger partial charge is 0.377 e. The fraction of sp³-hybridized carbons (Fsp3) is 0.533. The third-order valence-electron chi connectivity index (χ3n) is 4.16. The highest BCUT2D eigenvalue weighted by Crippen LogP contribution is 2.26. The quantitative estimate of drug-likeness (QED) is 0.928. The molecule has 2 aromatic rings. The lowest BCUT2D eigenvalue weighted by molar-refractivity contribution is -0.139. The summed E-state index contributed by atoms with van der Waals surface area (Å²) in [6, 6.07) is -0.121. The van der Waals surface area contributed by atoms with Gasteiger partial charge in [-0.25, -0.2) is 0 Å². The standard InChI is InChI=1S/C15H20N4O3/c1-9-7-16-17-15(9)13-8-21-5-4-19(13)14(20)6-12-10(2)18-22-11(12)3/h7,13H,4-6,8H2,1-3H3,(H,16,17)/t13-/m1/s1. The second-order valence-corrected chi connectivity index (χ2v) is 5.62. The zero-order valence-electron chi connectivity index (χ0n) is 13.0. The molecule has 0 aliphatic carbocycles. The molecule has 0 saturated carbocycles. The number of rotatable bonds is 3. The second-order valence-electron chi connectivity index (χ2n) is 5.62. The van der Waals surface area contributed by atoms with Crippen molar-refractivity contribution in [3.05, 3.63) is 34.5 Å². The average molecular weight is 304 g/mol. The van der Waals surface area contributed by atoms with E-state index in [0.717, 1.165) is 22.5 Å². The van der Waals surface area contributed by atoms with E-state index in [1.54, 1.807) is 6.20 Å². The topological polar surface area (TPSA) is 84.2 Å². The van der Waals surface area contributed by atoms with E-state index < -0.39 is 0 Å². The lowest BCUT2D eigenvalue weighted by Crippen LogP contribution is -2.44. The van der Waals surface area contributed by atoms with Crippen LogP contribution >= 0.6 is 0 Å². The van der Waals surface area contributed by atoms with Crippen molar-refractivity contribution in [2.24, 2.45) is 0 Å². The Morgan fingerprint density at radius 3 is 2.91 bits per heavy atom. The van der Waals surface area contributed by atoms with Crippen LogP contribution in [0.5, 0.6) is 0 Å². The van der Waals surface area contributed by atoms with Gasteiger partial charge in [-0.2, -0.15) is 5.10 Å². The molecule has 0 unspecified atom stereocenters. The summed E-state index contributed by atoms with van der Waals surface area (Å²) >= 11 is 0. The summed E-state index contributed by atoms with van der Waals surface area (Å²) in [6.45, 7) is 7.27. The number of hydrogen-bond acceptors (Lipinski definition) is 5. The van der Waals surface area contributed by atoms with Crippen molar-refractivity contribution < 1.29 is 14.1 Å². The molecule has 3 rings (SSSR count). The number of aromatic amines is 1. The zero-order valence-corrected chi connectivity index (χ0v) is 13.0. The monoisotopic (exact) mass is 304 g/mol. The van der Waals surface area contributed by atoms with Gasteiger partial charge in [-0.1, -0.05) is 5.16 Å². The summed E-state index contributed by atoms with van der Waals surface area (Å²) in [6.07, 6.45) is 2.06. The van der Waals surface area contributed by atoms with E-state index in [1.165, 1.54) is 0 Å². The number of nitrogens with one attached hydrogen (secondary N) is 1. The summed E-state index contributed by atoms with van der Waals surface area (Å²) in [7, 11) is 0. The van der Waals surface area contributed by atoms with E-state index in [-0.39, 0.29) is 11.9 Å². The Balaban J connectivity index is 1.82. The van der Waals surface area contributed by atoms with E-state index in [0.29, 0.717) is 31.9 Å². The van der Waals surface area contributed by atoms with Crippen molar-refractivity contribution in [3.8, 4) is 0 Å². The van der Waals surface area contributed by atoms with Crippen molar-refractivity contribution >= 4 is 5.91 Å². The van der Waals surface area contributed by atoms with Gasteiger partial charge in [-0.3, -0.25) is 9.89 Å². The van der Waals surface area contributed by atoms with Crippen molar-refractivity contribution in [1.82, 2.24) is 20.3 Å². The van der Waals surface area contributed by atoms with E-state index >= 15 is 0 Å². The summed E-state index contributed by atoms with van der Waals surface area (Å²) < 4.78 is 10.7. The molecule has 3 heterocycles. The first-order chi connectivity index (χ1) is 10.6. The Morgan fingerprint density at radius 1 is 1.45 bits per heavy atom. The molecule has 0 bridgehead atoms. The molecule has 0 radical (unpaired) electrons. The number of amides is 1. The molecular formula is C15H20N4O3. The molecule has 7 nitrogen and oxygen atoms in total. The minimum absolute atomic E-state index is 0.0525. The maximum atomic E-state index is 12.8. The van der Waals surface area contributed by atoms with Crippen LogP contribution in [0.15, 0.2) is 10.7 Å². The lowest BCUT2D eigenvalue weighted by atomic mass is 10.1. The maximum Gasteiger partial charge on any atom is 0.227 e. The molecule has 2 aromatic heterocycles. The molecule has 1 N–H and O–H groups in total. The number of hydrogen-bond donors (Lipinski definition) is 1. The van der Waals surface area contributed by atoms with Crippen LogP contribution in [0.4, 0.5) is 0 Å². The molecule has 0 spiro atoms. The fourth-order valence-corrected chi connectivity index (χ4v) is 2.84. The molecule has 0 aromatic carbocycles. The highest BCUT2D eigenvalue weighted by Gasteiger charge is 2.31. The van der Waals surface area contributed by atoms with E-state index in [4.69, 9.17) is 9.26 Å². The SMILES string of the molecule is Cc1cn[nH]c1[C@H]1COCCN1C(=O)Cc1c(C)noc1C. The number of ether oxygens (including phenoxy) is 1. The third-order valence-corrected chi connectivity index (χ3v) is 4.16. The van der Waals surface area contributed by atoms with Gasteiger partial charge >= 0.3 is 0 Å². The van der Waals surface area contributed by atoms with E-state index in [9.17, 15) is 4.79 Å². The number of carbonyl (C=O) groups is 1. The molecule has 1 amide bonds. The van der Waals surface area contributed by atoms with E-state index in [1.807, 2.05) is 25.7 Å². The molecule has 1 atom stereocenters. The predicted molar refractivity (Wildman–Crippen MR) is 78.3 cm³/mol. The minimum atomic E-state index is -0.121. The van der Waals surface area contributed by atoms with Crippen LogP contribution in [0.25, 0.3) is 0 Å². The summed E-state index contributed by atoms with van der Waals surface area (Å²) in [5.41, 5.74) is 3.61. The summed E-state index contributed by atoms with van der Waals surface area (Å²) in [5.74, 6) is 0.755. The summed E-state index contributed by atoms with van der Waals surface area (Å²) in [5, 5.41) is 10.9. The average Bonchev–Trinajstić information content (AvgIpc) is 3.07. The van der Waals surface area contributed by atoms with E-state index in [2.05, 4.69) is 15.4 Å². The van der Waals surface area contributed by atoms with Crippen molar-refractivity contribution in [2.45, 2.75) is 33.2 Å². The predicted octanol–water partition coefficient (Wildman–Crippen LogP) is 1.47. The van der Waals surface area contributed by atoms with Crippen molar-refractivity contribution in [1.29, 1.82) is 0 Å². The number of morpholine rings is 1. The minimum Gasteiger partial charge on any atom is -0.377 e. The zero-order chi connectivity index (χ0) is 15.7. The first kappa shape index (κ1) is 14.8. The van der Waals surface area contributed by atoms with Crippen molar-refractivity contribution in [2.75, 3.05) is 19.8 Å². The van der Waals surface area contributed by atoms with Crippen LogP contribution in [0.2, 0.25) is 0 Å². The van der Waals surface area contributed by atoms with Gasteiger partial charge in [0.1, 0.15) is 5.76 Å². The van der Waals surface area contributed by atoms with Gasteiger partial charge in [0.2, 0.25) is 5.91 Å². The van der Waals surface area contributed by atoms with Gasteiger partial charge in [0.05, 0.1) is 43.3 Å². The Morgan fingerprint density at radius 2 is 2.27 bits per heavy atom. The number of carbonyl (C=O) groups excluding carboxylic acids is 1. The van der Waals surface area contributed by atoms with Gasteiger partial charge in [0.15, 0.2) is 0 Å². The van der Waals surface area contributed by atoms with Crippen molar-refractivity contribution in [3.63, 3.8) is 0 Å².